The van der Waals surface area contributed by atoms with Gasteiger partial charge in [0.25, 0.3) is 0 Å². The number of fused-ring (bicyclic) bond motifs is 2. The molecule has 1 aromatic carbocycles. The molecule has 0 aromatic heterocycles. The van der Waals surface area contributed by atoms with Crippen LogP contribution < -0.4 is 0 Å². The van der Waals surface area contributed by atoms with Crippen LogP contribution in [0.25, 0.3) is 0 Å². The number of rotatable bonds is 9. The Morgan fingerprint density at radius 1 is 0.929 bits per heavy atom. The lowest BCUT2D eigenvalue weighted by atomic mass is 9.64. The van der Waals surface area contributed by atoms with Gasteiger partial charge in [0.05, 0.1) is 20.2 Å². The number of carbonyl (C=O) groups excluding carboxylic acids is 1. The molecule has 234 valence electrons. The van der Waals surface area contributed by atoms with Crippen molar-refractivity contribution in [1.29, 1.82) is 0 Å². The first-order chi connectivity index (χ1) is 19.7. The number of ketones is 1. The van der Waals surface area contributed by atoms with Crippen LogP contribution in [0.1, 0.15) is 113 Å². The molecule has 0 amide bonds. The summed E-state index contributed by atoms with van der Waals surface area (Å²) in [6.07, 6.45) is 5.41. The highest BCUT2D eigenvalue weighted by molar-refractivity contribution is 6.84. The van der Waals surface area contributed by atoms with Gasteiger partial charge in [-0.1, -0.05) is 116 Å². The fraction of sp³-hybridized carbons (Fsp3) is 0.757. The topological polar surface area (TPSA) is 38.8 Å². The van der Waals surface area contributed by atoms with Crippen LogP contribution in [0.3, 0.4) is 0 Å². The van der Waals surface area contributed by atoms with Gasteiger partial charge in [0.15, 0.2) is 5.76 Å². The Kier molecular flexibility index (Phi) is 8.75. The molecule has 5 atom stereocenters. The van der Waals surface area contributed by atoms with Gasteiger partial charge in [-0.25, -0.2) is 0 Å². The lowest BCUT2D eigenvalue weighted by Crippen LogP contribution is -2.56. The van der Waals surface area contributed by atoms with Gasteiger partial charge in [-0.15, -0.1) is 0 Å². The zero-order chi connectivity index (χ0) is 30.7. The third-order valence-electron chi connectivity index (χ3n) is 13.4. The average molecular weight is 594 g/mol. The van der Waals surface area contributed by atoms with Gasteiger partial charge in [-0.05, 0) is 74.2 Å². The van der Waals surface area contributed by atoms with Crippen molar-refractivity contribution < 1.29 is 14.3 Å². The molecule has 3 fully saturated rings. The average Bonchev–Trinajstić information content (AvgIpc) is 3.20. The summed E-state index contributed by atoms with van der Waals surface area (Å²) < 4.78 is 13.8. The molecule has 2 aliphatic heterocycles. The second-order valence-electron chi connectivity index (χ2n) is 16.1. The van der Waals surface area contributed by atoms with Gasteiger partial charge in [0, 0.05) is 11.3 Å². The van der Waals surface area contributed by atoms with Crippen LogP contribution >= 0.6 is 0 Å². The molecule has 2 saturated heterocycles. The minimum Gasteiger partial charge on any atom is -0.461 e. The Morgan fingerprint density at radius 2 is 1.52 bits per heavy atom. The smallest absolute Gasteiger partial charge is 0.218 e. The van der Waals surface area contributed by atoms with Crippen molar-refractivity contribution in [1.82, 2.24) is 4.90 Å². The van der Waals surface area contributed by atoms with Crippen LogP contribution in [-0.2, 0) is 14.3 Å². The predicted molar refractivity (Wildman–Crippen MR) is 176 cm³/mol. The van der Waals surface area contributed by atoms with E-state index in [0.29, 0.717) is 28.3 Å². The molecule has 0 radical (unpaired) electrons. The number of benzene rings is 1. The Labute approximate surface area is 258 Å². The Morgan fingerprint density at radius 3 is 2.10 bits per heavy atom. The monoisotopic (exact) mass is 593 g/mol. The SMILES string of the molecule is CC(C)[Si](CC1=C(O[C@H]2OC[C@H]3CC[C@]2(C)C3(C)C)C(=O)[C@@](C)(N2CCCCC2)[C@@H]1c1ccccc1)(C(C)C)C(C)C. The third kappa shape index (κ3) is 4.70. The summed E-state index contributed by atoms with van der Waals surface area (Å²) in [5.74, 6) is 1.39. The largest absolute Gasteiger partial charge is 0.461 e. The van der Waals surface area contributed by atoms with Crippen LogP contribution in [0, 0.1) is 16.7 Å². The first-order valence-electron chi connectivity index (χ1n) is 17.1. The van der Waals surface area contributed by atoms with E-state index < -0.39 is 19.9 Å². The van der Waals surface area contributed by atoms with Gasteiger partial charge in [-0.3, -0.25) is 9.69 Å². The summed E-state index contributed by atoms with van der Waals surface area (Å²) >= 11 is 0. The van der Waals surface area contributed by atoms with Crippen molar-refractivity contribution in [3.63, 3.8) is 0 Å². The Hall–Kier alpha value is -1.43. The minimum absolute atomic E-state index is 0.0110. The molecule has 0 spiro atoms. The van der Waals surface area contributed by atoms with Crippen LogP contribution in [0.2, 0.25) is 22.7 Å². The highest BCUT2D eigenvalue weighted by Crippen LogP contribution is 2.63. The number of hydrogen-bond donors (Lipinski definition) is 0. The number of nitrogens with zero attached hydrogens (tertiary/aromatic N) is 1. The normalized spacial score (nSPS) is 33.8. The summed E-state index contributed by atoms with van der Waals surface area (Å²) in [4.78, 5) is 17.7. The van der Waals surface area contributed by atoms with E-state index in [1.54, 1.807) is 0 Å². The van der Waals surface area contributed by atoms with Gasteiger partial charge >= 0.3 is 0 Å². The predicted octanol–water partition coefficient (Wildman–Crippen LogP) is 9.35. The number of hydrogen-bond acceptors (Lipinski definition) is 4. The quantitative estimate of drug-likeness (QED) is 0.267. The molecule has 1 saturated carbocycles. The Bertz CT molecular complexity index is 1140. The highest BCUT2D eigenvalue weighted by atomic mass is 28.3. The molecule has 5 rings (SSSR count). The van der Waals surface area contributed by atoms with Crippen LogP contribution in [0.5, 0.6) is 0 Å². The maximum absolute atomic E-state index is 15.2. The zero-order valence-electron chi connectivity index (χ0n) is 28.4. The van der Waals surface area contributed by atoms with Crippen molar-refractivity contribution in [3.05, 3.63) is 47.2 Å². The number of likely N-dealkylation sites (tertiary alicyclic amines) is 1. The maximum Gasteiger partial charge on any atom is 0.218 e. The third-order valence-corrected chi connectivity index (χ3v) is 20.9. The van der Waals surface area contributed by atoms with E-state index in [1.165, 1.54) is 24.0 Å². The number of carbonyl (C=O) groups is 1. The Balaban J connectivity index is 1.71. The van der Waals surface area contributed by atoms with E-state index in [-0.39, 0.29) is 22.5 Å². The van der Waals surface area contributed by atoms with E-state index in [2.05, 4.69) is 104 Å². The van der Waals surface area contributed by atoms with Gasteiger partial charge in [0.2, 0.25) is 12.1 Å². The van der Waals surface area contributed by atoms with Crippen molar-refractivity contribution in [2.24, 2.45) is 16.7 Å². The second-order valence-corrected chi connectivity index (χ2v) is 22.2. The molecule has 0 N–H and O–H groups in total. The lowest BCUT2D eigenvalue weighted by Gasteiger charge is -2.50. The fourth-order valence-corrected chi connectivity index (χ4v) is 16.3. The van der Waals surface area contributed by atoms with E-state index in [9.17, 15) is 0 Å². The van der Waals surface area contributed by atoms with Crippen LogP contribution in [0.15, 0.2) is 41.7 Å². The van der Waals surface area contributed by atoms with Crippen molar-refractivity contribution in [3.8, 4) is 0 Å². The van der Waals surface area contributed by atoms with Crippen molar-refractivity contribution in [2.45, 2.75) is 142 Å². The molecule has 2 aliphatic carbocycles. The molecule has 42 heavy (non-hydrogen) atoms. The summed E-state index contributed by atoms with van der Waals surface area (Å²) in [6.45, 7) is 26.7. The molecular formula is C37H59NO3Si. The number of Topliss-reactive ketones (excluding diaryl/α,β-unsaturated/α-hetero) is 1. The first kappa shape index (κ1) is 32.0. The fourth-order valence-electron chi connectivity index (χ4n) is 10.1. The van der Waals surface area contributed by atoms with Gasteiger partial charge in [0.1, 0.15) is 0 Å². The van der Waals surface area contributed by atoms with Crippen LogP contribution in [-0.4, -0.2) is 50.3 Å². The van der Waals surface area contributed by atoms with Crippen molar-refractivity contribution >= 4 is 13.9 Å². The highest BCUT2D eigenvalue weighted by Gasteiger charge is 2.63. The van der Waals surface area contributed by atoms with E-state index >= 15 is 4.79 Å². The minimum atomic E-state index is -1.93. The summed E-state index contributed by atoms with van der Waals surface area (Å²) in [5.41, 5.74) is 3.65. The summed E-state index contributed by atoms with van der Waals surface area (Å²) in [5, 5.41) is 0. The van der Waals surface area contributed by atoms with Crippen LogP contribution in [0.4, 0.5) is 0 Å². The number of piperidine rings is 1. The molecule has 1 aromatic rings. The molecule has 5 heteroatoms. The molecule has 2 heterocycles. The van der Waals surface area contributed by atoms with Gasteiger partial charge < -0.3 is 9.47 Å². The molecule has 0 unspecified atom stereocenters. The standard InChI is InChI=1S/C37H59NO3Si/c1-25(2)42(26(3)4,27(5)6)24-30-31(28-17-13-11-14-18-28)37(10,38-21-15-12-16-22-38)33(39)32(30)41-34-36(9)20-19-29(23-40-34)35(36,7)8/h11,13-14,17-18,25-27,29,31,34H,12,15-16,19-24H2,1-10H3/t29-,31-,34-,36+,37+/m1/s1. The van der Waals surface area contributed by atoms with Gasteiger partial charge in [-0.2, -0.15) is 0 Å². The van der Waals surface area contributed by atoms with E-state index in [1.807, 2.05) is 0 Å². The molecular weight excluding hydrogens is 534 g/mol. The van der Waals surface area contributed by atoms with E-state index in [0.717, 1.165) is 45.0 Å². The number of ether oxygens (including phenoxy) is 2. The second kappa shape index (κ2) is 11.5. The molecule has 4 nitrogen and oxygen atoms in total. The van der Waals surface area contributed by atoms with Crippen molar-refractivity contribution in [2.75, 3.05) is 19.7 Å². The lowest BCUT2D eigenvalue weighted by molar-refractivity contribution is -0.248. The summed E-state index contributed by atoms with van der Waals surface area (Å²) in [7, 11) is -1.93. The molecule has 4 aliphatic rings. The maximum atomic E-state index is 15.2. The first-order valence-corrected chi connectivity index (χ1v) is 19.5. The molecule has 2 bridgehead atoms. The van der Waals surface area contributed by atoms with E-state index in [4.69, 9.17) is 9.47 Å². The summed E-state index contributed by atoms with van der Waals surface area (Å²) in [6, 6.07) is 11.9. The zero-order valence-corrected chi connectivity index (χ0v) is 29.4.